The first-order valence-corrected chi connectivity index (χ1v) is 4.88. The van der Waals surface area contributed by atoms with Gasteiger partial charge in [-0.25, -0.2) is 0 Å². The lowest BCUT2D eigenvalue weighted by atomic mass is 10.1. The first kappa shape index (κ1) is 20.3. The molecule has 0 aliphatic carbocycles. The van der Waals surface area contributed by atoms with Crippen molar-refractivity contribution < 1.29 is 10.2 Å². The van der Waals surface area contributed by atoms with Gasteiger partial charge in [0.15, 0.2) is 0 Å². The Morgan fingerprint density at radius 3 is 1.43 bits per heavy atom. The van der Waals surface area contributed by atoms with Crippen LogP contribution in [-0.4, -0.2) is 40.3 Å². The number of rotatable bonds is 6. The van der Waals surface area contributed by atoms with Crippen LogP contribution in [0.2, 0.25) is 0 Å². The highest BCUT2D eigenvalue weighted by Gasteiger charge is 2.12. The third-order valence-corrected chi connectivity index (χ3v) is 2.33. The molecule has 0 aromatic carbocycles. The summed E-state index contributed by atoms with van der Waals surface area (Å²) in [4.78, 5) is 0.168. The van der Waals surface area contributed by atoms with Gasteiger partial charge in [0.2, 0.25) is 0 Å². The second-order valence-electron chi connectivity index (χ2n) is 2.95. The van der Waals surface area contributed by atoms with Gasteiger partial charge >= 0.3 is 0 Å². The average molecular weight is 314 g/mol. The zero-order valence-electron chi connectivity index (χ0n) is 7.80. The molecule has 0 radical (unpaired) electrons. The lowest BCUT2D eigenvalue weighted by molar-refractivity contribution is 0.246. The highest BCUT2D eigenvalue weighted by atomic mass is 79.9. The summed E-state index contributed by atoms with van der Waals surface area (Å²) in [7, 11) is 0. The van der Waals surface area contributed by atoms with E-state index in [4.69, 9.17) is 21.7 Å². The maximum Gasteiger partial charge on any atom is 0.0582 e. The fourth-order valence-corrected chi connectivity index (χ4v) is 1.86. The Hall–Kier alpha value is 0.900. The Balaban J connectivity index is -0.000000605. The lowest BCUT2D eigenvalue weighted by Gasteiger charge is -2.16. The van der Waals surface area contributed by atoms with Crippen LogP contribution < -0.4 is 11.5 Å². The molecule has 0 fully saturated rings. The SMILES string of the molecule is Cl.Cl.NC(CO)CC(Br)CC(N)CO. The van der Waals surface area contributed by atoms with Gasteiger partial charge in [0.1, 0.15) is 0 Å². The molecule has 0 aliphatic heterocycles. The molecule has 0 aliphatic rings. The predicted molar refractivity (Wildman–Crippen MR) is 66.6 cm³/mol. The third-order valence-electron chi connectivity index (χ3n) is 1.59. The Kier molecular flexibility index (Phi) is 17.4. The van der Waals surface area contributed by atoms with E-state index in [1.165, 1.54) is 0 Å². The van der Waals surface area contributed by atoms with Gasteiger partial charge in [0, 0.05) is 16.9 Å². The van der Waals surface area contributed by atoms with Gasteiger partial charge in [-0.1, -0.05) is 15.9 Å². The molecular formula is C7H19BrCl2N2O2. The summed E-state index contributed by atoms with van der Waals surface area (Å²) in [5, 5.41) is 17.3. The molecule has 0 aromatic heterocycles. The molecule has 0 spiro atoms. The zero-order valence-corrected chi connectivity index (χ0v) is 11.0. The van der Waals surface area contributed by atoms with E-state index in [-0.39, 0.29) is 54.9 Å². The fraction of sp³-hybridized carbons (Fsp3) is 1.00. The zero-order chi connectivity index (χ0) is 9.56. The molecule has 0 rings (SSSR count). The van der Waals surface area contributed by atoms with E-state index in [9.17, 15) is 0 Å². The van der Waals surface area contributed by atoms with Crippen molar-refractivity contribution in [2.75, 3.05) is 13.2 Å². The van der Waals surface area contributed by atoms with Crippen molar-refractivity contribution in [3.8, 4) is 0 Å². The maximum absolute atomic E-state index is 8.65. The van der Waals surface area contributed by atoms with E-state index in [2.05, 4.69) is 15.9 Å². The van der Waals surface area contributed by atoms with E-state index >= 15 is 0 Å². The number of alkyl halides is 1. The Bertz CT molecular complexity index is 112. The van der Waals surface area contributed by atoms with Gasteiger partial charge in [-0.2, -0.15) is 0 Å². The van der Waals surface area contributed by atoms with Crippen molar-refractivity contribution in [1.29, 1.82) is 0 Å². The molecule has 6 N–H and O–H groups in total. The van der Waals surface area contributed by atoms with Crippen molar-refractivity contribution >= 4 is 40.7 Å². The largest absolute Gasteiger partial charge is 0.395 e. The number of nitrogens with two attached hydrogens (primary N) is 2. The third kappa shape index (κ3) is 11.0. The van der Waals surface area contributed by atoms with Crippen molar-refractivity contribution in [2.45, 2.75) is 29.8 Å². The van der Waals surface area contributed by atoms with Crippen LogP contribution in [0, 0.1) is 0 Å². The Morgan fingerprint density at radius 2 is 1.21 bits per heavy atom. The fourth-order valence-electron chi connectivity index (χ4n) is 0.902. The molecule has 2 unspecified atom stereocenters. The molecule has 14 heavy (non-hydrogen) atoms. The number of aliphatic hydroxyl groups excluding tert-OH is 2. The van der Waals surface area contributed by atoms with Crippen LogP contribution in [0.1, 0.15) is 12.8 Å². The van der Waals surface area contributed by atoms with Crippen LogP contribution in [0.5, 0.6) is 0 Å². The van der Waals surface area contributed by atoms with Crippen LogP contribution in [0.25, 0.3) is 0 Å². The van der Waals surface area contributed by atoms with Crippen molar-refractivity contribution in [3.05, 3.63) is 0 Å². The first-order chi connectivity index (χ1) is 5.60. The molecule has 0 bridgehead atoms. The number of hydrogen-bond donors (Lipinski definition) is 4. The van der Waals surface area contributed by atoms with Gasteiger partial charge in [0.05, 0.1) is 13.2 Å². The second-order valence-corrected chi connectivity index (χ2v) is 4.25. The molecule has 90 valence electrons. The molecule has 0 aromatic rings. The molecule has 0 heterocycles. The van der Waals surface area contributed by atoms with Gasteiger partial charge in [-0.05, 0) is 12.8 Å². The van der Waals surface area contributed by atoms with Gasteiger partial charge in [0.25, 0.3) is 0 Å². The van der Waals surface area contributed by atoms with Crippen LogP contribution in [0.4, 0.5) is 0 Å². The minimum absolute atomic E-state index is 0. The van der Waals surface area contributed by atoms with E-state index < -0.39 is 0 Å². The number of aliphatic hydroxyl groups is 2. The second kappa shape index (κ2) is 12.0. The van der Waals surface area contributed by atoms with Gasteiger partial charge in [-0.15, -0.1) is 24.8 Å². The molecule has 0 amide bonds. The summed E-state index contributed by atoms with van der Waals surface area (Å²) in [6.07, 6.45) is 1.34. The monoisotopic (exact) mass is 312 g/mol. The van der Waals surface area contributed by atoms with E-state index in [0.717, 1.165) is 0 Å². The summed E-state index contributed by atoms with van der Waals surface area (Å²) in [5.41, 5.74) is 11.0. The highest BCUT2D eigenvalue weighted by molar-refractivity contribution is 9.09. The summed E-state index contributed by atoms with van der Waals surface area (Å²) in [5.74, 6) is 0. The normalized spacial score (nSPS) is 16.1. The molecule has 0 saturated heterocycles. The van der Waals surface area contributed by atoms with Crippen LogP contribution >= 0.6 is 40.7 Å². The minimum atomic E-state index is -0.208. The highest BCUT2D eigenvalue weighted by Crippen LogP contribution is 2.12. The van der Waals surface area contributed by atoms with E-state index in [1.807, 2.05) is 0 Å². The van der Waals surface area contributed by atoms with Crippen molar-refractivity contribution in [1.82, 2.24) is 0 Å². The molecule has 7 heteroatoms. The number of halogens is 3. The maximum atomic E-state index is 8.65. The molecule has 4 nitrogen and oxygen atoms in total. The van der Waals surface area contributed by atoms with Crippen LogP contribution in [-0.2, 0) is 0 Å². The van der Waals surface area contributed by atoms with Gasteiger partial charge < -0.3 is 21.7 Å². The number of hydrogen-bond acceptors (Lipinski definition) is 4. The average Bonchev–Trinajstić information content (AvgIpc) is 2.03. The molecule has 0 saturated carbocycles. The molecular weight excluding hydrogens is 295 g/mol. The smallest absolute Gasteiger partial charge is 0.0582 e. The molecule has 2 atom stereocenters. The van der Waals surface area contributed by atoms with Crippen LogP contribution in [0.3, 0.4) is 0 Å². The lowest BCUT2D eigenvalue weighted by Crippen LogP contribution is -2.32. The Labute approximate surface area is 105 Å². The summed E-state index contributed by atoms with van der Waals surface area (Å²) < 4.78 is 0. The quantitative estimate of drug-likeness (QED) is 0.520. The van der Waals surface area contributed by atoms with Crippen molar-refractivity contribution in [3.63, 3.8) is 0 Å². The summed E-state index contributed by atoms with van der Waals surface area (Å²) in [6, 6.07) is -0.416. The van der Waals surface area contributed by atoms with Crippen molar-refractivity contribution in [2.24, 2.45) is 11.5 Å². The van der Waals surface area contributed by atoms with E-state index in [0.29, 0.717) is 12.8 Å². The minimum Gasteiger partial charge on any atom is -0.395 e. The van der Waals surface area contributed by atoms with Gasteiger partial charge in [-0.3, -0.25) is 0 Å². The first-order valence-electron chi connectivity index (χ1n) is 3.97. The predicted octanol–water partition coefficient (Wildman–Crippen LogP) is 0.0129. The summed E-state index contributed by atoms with van der Waals surface area (Å²) >= 11 is 3.38. The van der Waals surface area contributed by atoms with Crippen LogP contribution in [0.15, 0.2) is 0 Å². The topological polar surface area (TPSA) is 92.5 Å². The summed E-state index contributed by atoms with van der Waals surface area (Å²) in [6.45, 7) is -0.0348. The Morgan fingerprint density at radius 1 is 0.929 bits per heavy atom. The standard InChI is InChI=1S/C7H17BrN2O2.2ClH/c8-5(1-6(9)3-11)2-7(10)4-12;;/h5-7,11-12H,1-4,9-10H2;2*1H. The van der Waals surface area contributed by atoms with E-state index in [1.54, 1.807) is 0 Å².